The molecule has 2 nitrogen and oxygen atoms in total. The highest BCUT2D eigenvalue weighted by molar-refractivity contribution is 6.30. The van der Waals surface area contributed by atoms with E-state index in [-0.39, 0.29) is 11.9 Å². The number of likely N-dealkylation sites (N-methyl/N-ethyl adjacent to an activating group) is 1. The van der Waals surface area contributed by atoms with Gasteiger partial charge in [-0.05, 0) is 43.3 Å². The van der Waals surface area contributed by atoms with Crippen LogP contribution in [0.5, 0.6) is 0 Å². The lowest BCUT2D eigenvalue weighted by Gasteiger charge is -2.29. The summed E-state index contributed by atoms with van der Waals surface area (Å²) < 4.78 is 13.8. The molecule has 0 aromatic heterocycles. The molecule has 0 aliphatic rings. The van der Waals surface area contributed by atoms with Crippen molar-refractivity contribution in [2.24, 2.45) is 5.73 Å². The first-order valence-electron chi connectivity index (χ1n) is 6.92. The lowest BCUT2D eigenvalue weighted by atomic mass is 9.99. The van der Waals surface area contributed by atoms with Gasteiger partial charge < -0.3 is 5.73 Å². The number of rotatable bonds is 5. The molecule has 4 heteroatoms. The fourth-order valence-corrected chi connectivity index (χ4v) is 2.79. The zero-order valence-corrected chi connectivity index (χ0v) is 13.1. The van der Waals surface area contributed by atoms with Crippen molar-refractivity contribution in [2.45, 2.75) is 19.5 Å². The molecule has 0 aliphatic heterocycles. The van der Waals surface area contributed by atoms with Gasteiger partial charge in [-0.3, -0.25) is 4.90 Å². The summed E-state index contributed by atoms with van der Waals surface area (Å²) >= 11 is 6.00. The van der Waals surface area contributed by atoms with Crippen LogP contribution < -0.4 is 5.73 Å². The van der Waals surface area contributed by atoms with Crippen LogP contribution in [0.15, 0.2) is 42.5 Å². The second-order valence-corrected chi connectivity index (χ2v) is 5.70. The van der Waals surface area contributed by atoms with Crippen LogP contribution in [-0.2, 0) is 6.54 Å². The molecule has 2 rings (SSSR count). The molecule has 0 bridgehead atoms. The third-order valence-corrected chi connectivity index (χ3v) is 3.96. The Bertz CT molecular complexity index is 615. The summed E-state index contributed by atoms with van der Waals surface area (Å²) in [4.78, 5) is 2.06. The third-order valence-electron chi connectivity index (χ3n) is 3.72. The van der Waals surface area contributed by atoms with E-state index < -0.39 is 0 Å². The predicted octanol–water partition coefficient (Wildman–Crippen LogP) is 3.92. The highest BCUT2D eigenvalue weighted by Crippen LogP contribution is 2.26. The number of hydrogen-bond donors (Lipinski definition) is 1. The Morgan fingerprint density at radius 1 is 1.24 bits per heavy atom. The average Bonchev–Trinajstić information content (AvgIpc) is 2.44. The van der Waals surface area contributed by atoms with E-state index in [1.165, 1.54) is 6.07 Å². The second-order valence-electron chi connectivity index (χ2n) is 5.26. The number of aryl methyl sites for hydroxylation is 1. The molecule has 1 unspecified atom stereocenters. The van der Waals surface area contributed by atoms with Crippen molar-refractivity contribution < 1.29 is 4.39 Å². The number of benzene rings is 2. The zero-order valence-electron chi connectivity index (χ0n) is 12.3. The van der Waals surface area contributed by atoms with Crippen LogP contribution in [-0.4, -0.2) is 18.5 Å². The van der Waals surface area contributed by atoms with Crippen molar-refractivity contribution >= 4 is 11.6 Å². The Balaban J connectivity index is 2.22. The topological polar surface area (TPSA) is 29.3 Å². The first-order chi connectivity index (χ1) is 10.0. The van der Waals surface area contributed by atoms with Gasteiger partial charge in [0.15, 0.2) is 0 Å². The quantitative estimate of drug-likeness (QED) is 0.907. The van der Waals surface area contributed by atoms with E-state index in [0.29, 0.717) is 23.7 Å². The molecule has 0 amide bonds. The Hall–Kier alpha value is -1.42. The van der Waals surface area contributed by atoms with Gasteiger partial charge >= 0.3 is 0 Å². The molecule has 21 heavy (non-hydrogen) atoms. The Morgan fingerprint density at radius 2 is 1.95 bits per heavy atom. The molecule has 112 valence electrons. The smallest absolute Gasteiger partial charge is 0.127 e. The van der Waals surface area contributed by atoms with Crippen LogP contribution in [0.2, 0.25) is 5.02 Å². The molecule has 0 spiro atoms. The summed E-state index contributed by atoms with van der Waals surface area (Å²) in [5.41, 5.74) is 8.83. The molecule has 0 saturated heterocycles. The van der Waals surface area contributed by atoms with Crippen LogP contribution in [0.3, 0.4) is 0 Å². The molecule has 0 fully saturated rings. The Kier molecular flexibility index (Phi) is 5.34. The van der Waals surface area contributed by atoms with Crippen molar-refractivity contribution in [1.29, 1.82) is 0 Å². The van der Waals surface area contributed by atoms with E-state index in [1.807, 2.05) is 38.2 Å². The monoisotopic (exact) mass is 306 g/mol. The molecule has 2 aromatic carbocycles. The van der Waals surface area contributed by atoms with E-state index in [9.17, 15) is 4.39 Å². The van der Waals surface area contributed by atoms with E-state index in [1.54, 1.807) is 12.1 Å². The predicted molar refractivity (Wildman–Crippen MR) is 85.9 cm³/mol. The zero-order chi connectivity index (χ0) is 15.4. The highest BCUT2D eigenvalue weighted by Gasteiger charge is 2.18. The van der Waals surface area contributed by atoms with Gasteiger partial charge in [0.05, 0.1) is 0 Å². The van der Waals surface area contributed by atoms with Crippen molar-refractivity contribution in [2.75, 3.05) is 13.6 Å². The fraction of sp³-hybridized carbons (Fsp3) is 0.294. The molecule has 2 aromatic rings. The van der Waals surface area contributed by atoms with Gasteiger partial charge in [-0.1, -0.05) is 35.9 Å². The largest absolute Gasteiger partial charge is 0.329 e. The van der Waals surface area contributed by atoms with Gasteiger partial charge in [0, 0.05) is 29.7 Å². The molecule has 0 heterocycles. The van der Waals surface area contributed by atoms with Gasteiger partial charge in [-0.25, -0.2) is 4.39 Å². The maximum Gasteiger partial charge on any atom is 0.127 e. The Morgan fingerprint density at radius 3 is 2.57 bits per heavy atom. The number of halogens is 2. The minimum absolute atomic E-state index is 0.0295. The van der Waals surface area contributed by atoms with Crippen molar-refractivity contribution in [3.05, 3.63) is 70.0 Å². The van der Waals surface area contributed by atoms with E-state index in [0.717, 1.165) is 11.1 Å². The molecule has 1 atom stereocenters. The third kappa shape index (κ3) is 3.82. The van der Waals surface area contributed by atoms with Gasteiger partial charge in [0.25, 0.3) is 0 Å². The lowest BCUT2D eigenvalue weighted by Crippen LogP contribution is -2.31. The van der Waals surface area contributed by atoms with E-state index in [2.05, 4.69) is 4.90 Å². The normalized spacial score (nSPS) is 12.7. The maximum absolute atomic E-state index is 13.8. The summed E-state index contributed by atoms with van der Waals surface area (Å²) in [6.45, 7) is 2.99. The summed E-state index contributed by atoms with van der Waals surface area (Å²) in [5, 5.41) is 0.712. The molecule has 2 N–H and O–H groups in total. The SMILES string of the molecule is Cc1cc(Cl)ccc1C(CN)N(C)Cc1ccccc1F. The van der Waals surface area contributed by atoms with Crippen LogP contribution in [0.1, 0.15) is 22.7 Å². The van der Waals surface area contributed by atoms with E-state index in [4.69, 9.17) is 17.3 Å². The second kappa shape index (κ2) is 7.03. The summed E-state index contributed by atoms with van der Waals surface area (Å²) in [6, 6.07) is 12.6. The first-order valence-corrected chi connectivity index (χ1v) is 7.30. The highest BCUT2D eigenvalue weighted by atomic mass is 35.5. The molecule has 0 saturated carbocycles. The molecule has 0 aliphatic carbocycles. The number of hydrogen-bond acceptors (Lipinski definition) is 2. The van der Waals surface area contributed by atoms with Gasteiger partial charge in [0.2, 0.25) is 0 Å². The van der Waals surface area contributed by atoms with Crippen molar-refractivity contribution in [3.63, 3.8) is 0 Å². The Labute approximate surface area is 130 Å². The minimum atomic E-state index is -0.187. The van der Waals surface area contributed by atoms with Crippen molar-refractivity contribution in [3.8, 4) is 0 Å². The molecule has 0 radical (unpaired) electrons. The molecular formula is C17H20ClFN2. The van der Waals surface area contributed by atoms with Crippen LogP contribution in [0, 0.1) is 12.7 Å². The van der Waals surface area contributed by atoms with E-state index >= 15 is 0 Å². The fourth-order valence-electron chi connectivity index (χ4n) is 2.56. The van der Waals surface area contributed by atoms with Crippen molar-refractivity contribution in [1.82, 2.24) is 4.90 Å². The summed E-state index contributed by atoms with van der Waals surface area (Å²) in [5.74, 6) is -0.187. The summed E-state index contributed by atoms with van der Waals surface area (Å²) in [7, 11) is 1.96. The van der Waals surface area contributed by atoms with Gasteiger partial charge in [0.1, 0.15) is 5.82 Å². The lowest BCUT2D eigenvalue weighted by molar-refractivity contribution is 0.238. The number of nitrogens with zero attached hydrogens (tertiary/aromatic N) is 1. The number of nitrogens with two attached hydrogens (primary N) is 1. The molecular weight excluding hydrogens is 287 g/mol. The summed E-state index contributed by atoms with van der Waals surface area (Å²) in [6.07, 6.45) is 0. The van der Waals surface area contributed by atoms with Gasteiger partial charge in [-0.15, -0.1) is 0 Å². The minimum Gasteiger partial charge on any atom is -0.329 e. The maximum atomic E-state index is 13.8. The first kappa shape index (κ1) is 16.0. The van der Waals surface area contributed by atoms with Crippen LogP contribution in [0.25, 0.3) is 0 Å². The standard InChI is InChI=1S/C17H20ClFN2/c1-12-9-14(18)7-8-15(12)17(10-20)21(2)11-13-5-3-4-6-16(13)19/h3-9,17H,10-11,20H2,1-2H3. The van der Waals surface area contributed by atoms with Crippen LogP contribution >= 0.6 is 11.6 Å². The van der Waals surface area contributed by atoms with Gasteiger partial charge in [-0.2, -0.15) is 0 Å². The average molecular weight is 307 g/mol. The van der Waals surface area contributed by atoms with Crippen LogP contribution in [0.4, 0.5) is 4.39 Å².